The first-order valence-electron chi connectivity index (χ1n) is 11.9. The van der Waals surface area contributed by atoms with Crippen molar-refractivity contribution in [2.45, 2.75) is 78.1 Å². The number of esters is 2. The minimum atomic E-state index is -0.447. The number of fused-ring (bicyclic) bond motifs is 5. The highest BCUT2D eigenvalue weighted by Crippen LogP contribution is 2.63. The summed E-state index contributed by atoms with van der Waals surface area (Å²) in [5, 5.41) is 0. The summed E-state index contributed by atoms with van der Waals surface area (Å²) in [7, 11) is 0. The van der Waals surface area contributed by atoms with Gasteiger partial charge in [-0.1, -0.05) is 19.4 Å². The van der Waals surface area contributed by atoms with Gasteiger partial charge >= 0.3 is 11.9 Å². The summed E-state index contributed by atoms with van der Waals surface area (Å²) in [6.45, 7) is 4.33. The molecule has 5 nitrogen and oxygen atoms in total. The Labute approximate surface area is 179 Å². The molecule has 0 aromatic carbocycles. The van der Waals surface area contributed by atoms with Gasteiger partial charge in [0.25, 0.3) is 0 Å². The Morgan fingerprint density at radius 3 is 2.73 bits per heavy atom. The van der Waals surface area contributed by atoms with E-state index in [1.165, 1.54) is 37.7 Å². The molecule has 0 radical (unpaired) electrons. The molecule has 0 spiro atoms. The van der Waals surface area contributed by atoms with Gasteiger partial charge in [-0.15, -0.1) is 0 Å². The van der Waals surface area contributed by atoms with E-state index in [9.17, 15) is 14.4 Å². The predicted molar refractivity (Wildman–Crippen MR) is 112 cm³/mol. The fourth-order valence-corrected chi connectivity index (χ4v) is 7.23. The van der Waals surface area contributed by atoms with E-state index in [2.05, 4.69) is 6.92 Å². The summed E-state index contributed by atoms with van der Waals surface area (Å²) in [6, 6.07) is 0. The molecule has 3 fully saturated rings. The van der Waals surface area contributed by atoms with Gasteiger partial charge in [-0.2, -0.15) is 0 Å². The molecule has 166 valence electrons. The van der Waals surface area contributed by atoms with E-state index >= 15 is 0 Å². The Balaban J connectivity index is 1.30. The summed E-state index contributed by atoms with van der Waals surface area (Å²) >= 11 is 0. The molecule has 6 atom stereocenters. The van der Waals surface area contributed by atoms with Crippen LogP contribution in [0.4, 0.5) is 0 Å². The Hall–Kier alpha value is -1.65. The third kappa shape index (κ3) is 4.36. The molecule has 0 saturated heterocycles. The van der Waals surface area contributed by atoms with Gasteiger partial charge in [-0.25, -0.2) is 4.79 Å². The Bertz CT molecular complexity index is 725. The lowest BCUT2D eigenvalue weighted by Crippen LogP contribution is -2.44. The molecule has 0 amide bonds. The predicted octanol–water partition coefficient (Wildman–Crippen LogP) is 4.63. The molecule has 0 bridgehead atoms. The maximum absolute atomic E-state index is 11.9. The van der Waals surface area contributed by atoms with Crippen LogP contribution in [0.15, 0.2) is 11.6 Å². The second-order valence-corrected chi connectivity index (χ2v) is 10.3. The molecular weight excluding hydrogens is 380 g/mol. The maximum Gasteiger partial charge on any atom is 0.344 e. The lowest BCUT2D eigenvalue weighted by molar-refractivity contribution is -0.158. The SMILES string of the molecule is CCC(=O)OCC(=O)OCC[C@H]1C[C@H]2[C@@H]3CCC4=CC(=O)CC[C@@H]4[C@H]3CC[C@]2(C)C1. The van der Waals surface area contributed by atoms with E-state index < -0.39 is 5.97 Å². The second kappa shape index (κ2) is 8.84. The largest absolute Gasteiger partial charge is 0.463 e. The molecule has 0 aromatic rings. The molecule has 0 heterocycles. The van der Waals surface area contributed by atoms with Gasteiger partial charge in [-0.05, 0) is 92.4 Å². The summed E-state index contributed by atoms with van der Waals surface area (Å²) < 4.78 is 10.2. The lowest BCUT2D eigenvalue weighted by atomic mass is 9.52. The van der Waals surface area contributed by atoms with Gasteiger partial charge in [0, 0.05) is 12.8 Å². The molecule has 4 aliphatic carbocycles. The van der Waals surface area contributed by atoms with Crippen LogP contribution in [0.2, 0.25) is 0 Å². The van der Waals surface area contributed by atoms with Crippen molar-refractivity contribution < 1.29 is 23.9 Å². The standard InChI is InChI=1S/C25H36O5/c1-3-23(27)30-15-24(28)29-11-9-16-12-22-21-6-4-17-13-18(26)5-7-19(17)20(21)8-10-25(22,2)14-16/h13,16,19-22H,3-12,14-15H2,1-2H3/t16-,19-,20+,21+,22-,25+/m0/s1. The molecule has 3 saturated carbocycles. The first-order chi connectivity index (χ1) is 14.4. The van der Waals surface area contributed by atoms with Crippen LogP contribution < -0.4 is 0 Å². The molecule has 4 rings (SSSR count). The van der Waals surface area contributed by atoms with Crippen molar-refractivity contribution in [2.75, 3.05) is 13.2 Å². The summed E-state index contributed by atoms with van der Waals surface area (Å²) in [5.41, 5.74) is 1.86. The third-order valence-electron chi connectivity index (χ3n) is 8.59. The summed E-state index contributed by atoms with van der Waals surface area (Å²) in [4.78, 5) is 34.8. The quantitative estimate of drug-likeness (QED) is 0.591. The molecule has 0 aromatic heterocycles. The van der Waals surface area contributed by atoms with E-state index in [-0.39, 0.29) is 19.0 Å². The number of ketones is 1. The lowest BCUT2D eigenvalue weighted by Gasteiger charge is -2.52. The van der Waals surface area contributed by atoms with Crippen LogP contribution in [0.5, 0.6) is 0 Å². The number of ether oxygens (including phenoxy) is 2. The second-order valence-electron chi connectivity index (χ2n) is 10.3. The molecule has 0 aliphatic heterocycles. The molecule has 30 heavy (non-hydrogen) atoms. The maximum atomic E-state index is 11.9. The zero-order valence-electron chi connectivity index (χ0n) is 18.5. The number of carbonyl (C=O) groups is 3. The first kappa shape index (κ1) is 21.6. The normalized spacial score (nSPS) is 37.5. The van der Waals surface area contributed by atoms with Gasteiger partial charge in [0.1, 0.15) is 0 Å². The molecule has 0 N–H and O–H groups in total. The van der Waals surface area contributed by atoms with Crippen molar-refractivity contribution in [1.29, 1.82) is 0 Å². The van der Waals surface area contributed by atoms with E-state index in [0.29, 0.717) is 29.6 Å². The smallest absolute Gasteiger partial charge is 0.344 e. The highest BCUT2D eigenvalue weighted by Gasteiger charge is 2.54. The fourth-order valence-electron chi connectivity index (χ4n) is 7.23. The van der Waals surface area contributed by atoms with Gasteiger partial charge in [0.2, 0.25) is 0 Å². The molecule has 0 unspecified atom stereocenters. The number of rotatable bonds is 6. The van der Waals surface area contributed by atoms with Gasteiger partial charge < -0.3 is 9.47 Å². The van der Waals surface area contributed by atoms with E-state index in [1.807, 2.05) is 6.08 Å². The Kier molecular flexibility index (Phi) is 6.36. The van der Waals surface area contributed by atoms with Gasteiger partial charge in [0.05, 0.1) is 6.61 Å². The Morgan fingerprint density at radius 1 is 1.10 bits per heavy atom. The van der Waals surface area contributed by atoms with Crippen LogP contribution in [0.1, 0.15) is 78.1 Å². The van der Waals surface area contributed by atoms with Crippen molar-refractivity contribution >= 4 is 17.7 Å². The molecule has 4 aliphatic rings. The van der Waals surface area contributed by atoms with Crippen LogP contribution >= 0.6 is 0 Å². The van der Waals surface area contributed by atoms with Crippen LogP contribution in [-0.2, 0) is 23.9 Å². The highest BCUT2D eigenvalue weighted by molar-refractivity contribution is 5.91. The van der Waals surface area contributed by atoms with Crippen molar-refractivity contribution in [3.8, 4) is 0 Å². The van der Waals surface area contributed by atoms with E-state index in [0.717, 1.165) is 43.4 Å². The van der Waals surface area contributed by atoms with Crippen LogP contribution in [-0.4, -0.2) is 30.9 Å². The average Bonchev–Trinajstić information content (AvgIpc) is 3.08. The van der Waals surface area contributed by atoms with E-state index in [1.54, 1.807) is 6.92 Å². The van der Waals surface area contributed by atoms with Crippen molar-refractivity contribution in [1.82, 2.24) is 0 Å². The first-order valence-corrected chi connectivity index (χ1v) is 11.9. The van der Waals surface area contributed by atoms with Gasteiger partial charge in [0.15, 0.2) is 12.4 Å². The van der Waals surface area contributed by atoms with Crippen molar-refractivity contribution in [2.24, 2.45) is 35.0 Å². The molecule has 5 heteroatoms. The number of hydrogen-bond donors (Lipinski definition) is 0. The zero-order chi connectivity index (χ0) is 21.3. The van der Waals surface area contributed by atoms with Crippen molar-refractivity contribution in [3.63, 3.8) is 0 Å². The fraction of sp³-hybridized carbons (Fsp3) is 0.800. The van der Waals surface area contributed by atoms with Crippen molar-refractivity contribution in [3.05, 3.63) is 11.6 Å². The number of carbonyl (C=O) groups excluding carboxylic acids is 3. The van der Waals surface area contributed by atoms with Crippen LogP contribution in [0, 0.1) is 35.0 Å². The Morgan fingerprint density at radius 2 is 1.93 bits per heavy atom. The minimum Gasteiger partial charge on any atom is -0.463 e. The summed E-state index contributed by atoms with van der Waals surface area (Å²) in [6.07, 6.45) is 12.4. The summed E-state index contributed by atoms with van der Waals surface area (Å²) in [5.74, 6) is 3.09. The van der Waals surface area contributed by atoms with Crippen LogP contribution in [0.25, 0.3) is 0 Å². The molecular formula is C25H36O5. The van der Waals surface area contributed by atoms with Crippen LogP contribution in [0.3, 0.4) is 0 Å². The van der Waals surface area contributed by atoms with Gasteiger partial charge in [-0.3, -0.25) is 9.59 Å². The highest BCUT2D eigenvalue weighted by atomic mass is 16.6. The monoisotopic (exact) mass is 416 g/mol. The zero-order valence-corrected chi connectivity index (χ0v) is 18.5. The third-order valence-corrected chi connectivity index (χ3v) is 8.59. The number of hydrogen-bond acceptors (Lipinski definition) is 5. The topological polar surface area (TPSA) is 69.7 Å². The van der Waals surface area contributed by atoms with E-state index in [4.69, 9.17) is 9.47 Å². The minimum absolute atomic E-state index is 0.270. The number of allylic oxidation sites excluding steroid dienone is 1. The average molecular weight is 417 g/mol.